The molecule has 1 aromatic carbocycles. The number of amides is 2. The van der Waals surface area contributed by atoms with Crippen molar-refractivity contribution in [3.05, 3.63) is 106 Å². The van der Waals surface area contributed by atoms with Crippen LogP contribution in [0, 0.1) is 0 Å². The summed E-state index contributed by atoms with van der Waals surface area (Å²) < 4.78 is 10.3. The third kappa shape index (κ3) is 6.90. The number of hydrogen-bond acceptors (Lipinski definition) is 7. The highest BCUT2D eigenvalue weighted by atomic mass is 79.9. The van der Waals surface area contributed by atoms with Gasteiger partial charge >= 0.3 is 6.09 Å². The molecule has 0 radical (unpaired) electrons. The zero-order valence-corrected chi connectivity index (χ0v) is 26.6. The van der Waals surface area contributed by atoms with Gasteiger partial charge in [-0.3, -0.25) is 25.0 Å². The van der Waals surface area contributed by atoms with Crippen LogP contribution in [0.3, 0.4) is 0 Å². The molecule has 1 saturated heterocycles. The normalized spacial score (nSPS) is 18.0. The number of fused-ring (bicyclic) bond motifs is 2. The van der Waals surface area contributed by atoms with E-state index in [1.165, 1.54) is 29.4 Å². The van der Waals surface area contributed by atoms with Gasteiger partial charge in [-0.1, -0.05) is 17.7 Å². The number of nitrogens with zero attached hydrogens (tertiary/aromatic N) is 6. The fourth-order valence-electron chi connectivity index (χ4n) is 6.08. The van der Waals surface area contributed by atoms with E-state index in [4.69, 9.17) is 16.3 Å². The Morgan fingerprint density at radius 2 is 1.91 bits per heavy atom. The Labute approximate surface area is 273 Å². The van der Waals surface area contributed by atoms with Crippen molar-refractivity contribution in [2.24, 2.45) is 0 Å². The van der Waals surface area contributed by atoms with Crippen molar-refractivity contribution >= 4 is 39.5 Å². The van der Waals surface area contributed by atoms with Gasteiger partial charge < -0.3 is 14.6 Å². The molecule has 1 fully saturated rings. The van der Waals surface area contributed by atoms with E-state index in [2.05, 4.69) is 31.1 Å². The Bertz CT molecular complexity index is 1690. The minimum Gasteiger partial charge on any atom is -0.410 e. The molecule has 2 aliphatic rings. The first kappa shape index (κ1) is 30.8. The molecule has 6 rings (SSSR count). The summed E-state index contributed by atoms with van der Waals surface area (Å²) in [6.45, 7) is 1.90. The lowest BCUT2D eigenvalue weighted by molar-refractivity contribution is -0.911. The van der Waals surface area contributed by atoms with Crippen molar-refractivity contribution in [3.63, 3.8) is 0 Å². The standard InChI is InChI=1S/C31H32BrClN7O5/c32-23-16-22-3-2-21-17-24(33)4-5-26(21)29(28(22)40(44)18-23)37-14-15-39(31(42)45-25-6-11-38(43)12-7-25)27(19-37)30(41)35-8-1-10-36-13-9-34-20-36/h4-7,9,11-13,16-18,20,27,29H,1-3,8,10,14-15,19H2,(H2-,35,41,43,44)/q+1/p+1/t27?,29-/m1/s1. The number of pyridine rings is 2. The topological polar surface area (TPSA) is 128 Å². The smallest absolute Gasteiger partial charge is 0.410 e. The monoisotopic (exact) mass is 697 g/mol. The highest BCUT2D eigenvalue weighted by Gasteiger charge is 2.44. The van der Waals surface area contributed by atoms with Gasteiger partial charge in [-0.15, -0.1) is 0 Å². The third-order valence-electron chi connectivity index (χ3n) is 8.21. The van der Waals surface area contributed by atoms with Crippen molar-refractivity contribution in [1.29, 1.82) is 0 Å². The van der Waals surface area contributed by atoms with Crippen LogP contribution in [0.15, 0.2) is 78.2 Å². The Kier molecular flexibility index (Phi) is 9.19. The van der Waals surface area contributed by atoms with Crippen molar-refractivity contribution in [1.82, 2.24) is 24.7 Å². The second-order valence-electron chi connectivity index (χ2n) is 11.1. The average Bonchev–Trinajstić information content (AvgIpc) is 3.49. The number of halogens is 2. The molecule has 4 heterocycles. The molecule has 3 N–H and O–H groups in total. The van der Waals surface area contributed by atoms with Crippen molar-refractivity contribution < 1.29 is 34.2 Å². The molecule has 0 spiro atoms. The van der Waals surface area contributed by atoms with Gasteiger partial charge in [0.05, 0.1) is 22.9 Å². The molecule has 234 valence electrons. The predicted molar refractivity (Wildman–Crippen MR) is 164 cm³/mol. The van der Waals surface area contributed by atoms with Gasteiger partial charge in [0.1, 0.15) is 17.8 Å². The van der Waals surface area contributed by atoms with E-state index >= 15 is 0 Å². The second kappa shape index (κ2) is 13.4. The van der Waals surface area contributed by atoms with E-state index in [9.17, 15) is 20.0 Å². The van der Waals surface area contributed by atoms with Crippen LogP contribution in [0.2, 0.25) is 5.02 Å². The van der Waals surface area contributed by atoms with Gasteiger partial charge in [0.25, 0.3) is 5.69 Å². The molecule has 45 heavy (non-hydrogen) atoms. The van der Waals surface area contributed by atoms with Gasteiger partial charge in [-0.25, -0.2) is 9.78 Å². The minimum atomic E-state index is -0.879. The summed E-state index contributed by atoms with van der Waals surface area (Å²) in [4.78, 5) is 34.9. The summed E-state index contributed by atoms with van der Waals surface area (Å²) in [5.74, 6) is -0.0657. The van der Waals surface area contributed by atoms with Crippen LogP contribution in [-0.2, 0) is 24.2 Å². The van der Waals surface area contributed by atoms with E-state index in [0.29, 0.717) is 43.2 Å². The van der Waals surface area contributed by atoms with Crippen LogP contribution in [-0.4, -0.2) is 74.0 Å². The number of aromatic nitrogens is 4. The average molecular weight is 699 g/mol. The largest absolute Gasteiger partial charge is 0.416 e. The fourth-order valence-corrected chi connectivity index (χ4v) is 6.75. The molecule has 14 heteroatoms. The quantitative estimate of drug-likeness (QED) is 0.154. The van der Waals surface area contributed by atoms with Crippen LogP contribution >= 0.6 is 27.5 Å². The maximum absolute atomic E-state index is 13.8. The summed E-state index contributed by atoms with van der Waals surface area (Å²) in [7, 11) is 0. The fraction of sp³-hybridized carbons (Fsp3) is 0.323. The van der Waals surface area contributed by atoms with Gasteiger partial charge in [-0.2, -0.15) is 0 Å². The molecule has 2 amide bonds. The Balaban J connectivity index is 1.29. The highest BCUT2D eigenvalue weighted by Crippen LogP contribution is 2.38. The molecule has 4 aromatic rings. The Morgan fingerprint density at radius 1 is 1.11 bits per heavy atom. The molecular formula is C31H33BrClN7O5+2. The number of ether oxygens (including phenoxy) is 1. The maximum Gasteiger partial charge on any atom is 0.416 e. The molecule has 12 nitrogen and oxygen atoms in total. The van der Waals surface area contributed by atoms with Gasteiger partial charge in [0, 0.05) is 65.2 Å². The predicted octanol–water partition coefficient (Wildman–Crippen LogP) is 2.93. The van der Waals surface area contributed by atoms with Crippen LogP contribution in [0.4, 0.5) is 4.79 Å². The van der Waals surface area contributed by atoms with Crippen LogP contribution in [0.5, 0.6) is 5.75 Å². The summed E-state index contributed by atoms with van der Waals surface area (Å²) in [5.41, 5.74) is 3.72. The Hall–Kier alpha value is -4.20. The number of nitrogens with one attached hydrogen (secondary N) is 1. The molecule has 0 bridgehead atoms. The highest BCUT2D eigenvalue weighted by molar-refractivity contribution is 9.10. The third-order valence-corrected chi connectivity index (χ3v) is 8.88. The molecule has 1 aliphatic heterocycles. The number of benzene rings is 1. The van der Waals surface area contributed by atoms with Gasteiger partial charge in [0.15, 0.2) is 0 Å². The van der Waals surface area contributed by atoms with E-state index in [0.717, 1.165) is 37.0 Å². The number of carbonyl (C=O) groups is 2. The van der Waals surface area contributed by atoms with Gasteiger partial charge in [0.2, 0.25) is 24.5 Å². The number of carbonyl (C=O) groups excluding carboxylic acids is 2. The first-order chi connectivity index (χ1) is 21.8. The van der Waals surface area contributed by atoms with E-state index in [-0.39, 0.29) is 24.7 Å². The summed E-state index contributed by atoms with van der Waals surface area (Å²) in [6, 6.07) is 9.43. The van der Waals surface area contributed by atoms with Crippen LogP contribution in [0.1, 0.15) is 34.8 Å². The number of piperazine rings is 1. The maximum atomic E-state index is 13.8. The van der Waals surface area contributed by atoms with E-state index in [1.54, 1.807) is 18.7 Å². The number of rotatable bonds is 7. The first-order valence-electron chi connectivity index (χ1n) is 14.6. The van der Waals surface area contributed by atoms with Crippen LogP contribution in [0.25, 0.3) is 0 Å². The minimum absolute atomic E-state index is 0.191. The molecule has 2 atom stereocenters. The van der Waals surface area contributed by atoms with Crippen LogP contribution < -0.4 is 19.5 Å². The Morgan fingerprint density at radius 3 is 2.69 bits per heavy atom. The number of hydrogen-bond donors (Lipinski definition) is 3. The van der Waals surface area contributed by atoms with Crippen molar-refractivity contribution in [2.75, 3.05) is 26.2 Å². The number of aryl methyl sites for hydroxylation is 3. The van der Waals surface area contributed by atoms with Crippen molar-refractivity contribution in [2.45, 2.75) is 37.9 Å². The van der Waals surface area contributed by atoms with Gasteiger partial charge in [-0.05, 0) is 64.5 Å². The zero-order valence-electron chi connectivity index (χ0n) is 24.3. The zero-order chi connectivity index (χ0) is 31.5. The first-order valence-corrected chi connectivity index (χ1v) is 15.8. The number of imidazole rings is 1. The lowest BCUT2D eigenvalue weighted by Gasteiger charge is -2.42. The lowest BCUT2D eigenvalue weighted by atomic mass is 9.95. The van der Waals surface area contributed by atoms with Crippen molar-refractivity contribution in [3.8, 4) is 5.75 Å². The summed E-state index contributed by atoms with van der Waals surface area (Å²) >= 11 is 9.92. The molecule has 1 aliphatic carbocycles. The summed E-state index contributed by atoms with van der Waals surface area (Å²) in [6.07, 6.45) is 11.0. The molecular weight excluding hydrogens is 666 g/mol. The molecule has 1 unspecified atom stereocenters. The molecule has 3 aromatic heterocycles. The molecule has 0 saturated carbocycles. The lowest BCUT2D eigenvalue weighted by Crippen LogP contribution is -2.62. The second-order valence-corrected chi connectivity index (χ2v) is 12.4. The summed E-state index contributed by atoms with van der Waals surface area (Å²) in [5, 5.41) is 24.4. The van der Waals surface area contributed by atoms with E-state index in [1.807, 2.05) is 35.0 Å². The SMILES string of the molecule is O=C(NCCCn1ccnc1)C1CN([C@@H]2c3ccc(Cl)cc3CCc3cc(Br)c[n+](O)c32)CCN1C(=O)Oc1cc[n+](O)cc1. The van der Waals surface area contributed by atoms with E-state index < -0.39 is 18.2 Å².